The molecule has 104 valence electrons. The molecule has 0 heterocycles. The summed E-state index contributed by atoms with van der Waals surface area (Å²) < 4.78 is 5.24. The molecular weight excluding hydrogens is 254 g/mol. The molecule has 0 saturated carbocycles. The highest BCUT2D eigenvalue weighted by Crippen LogP contribution is 2.29. The van der Waals surface area contributed by atoms with Crippen LogP contribution < -0.4 is 4.74 Å². The van der Waals surface area contributed by atoms with Gasteiger partial charge in [0.25, 0.3) is 0 Å². The molecule has 4 heteroatoms. The second kappa shape index (κ2) is 5.65. The minimum absolute atomic E-state index is 0.0919. The second-order valence-corrected chi connectivity index (χ2v) is 4.60. The van der Waals surface area contributed by atoms with Crippen LogP contribution in [0.4, 0.5) is 0 Å². The fraction of sp³-hybridized carbons (Fsp3) is 0.188. The van der Waals surface area contributed by atoms with Crippen molar-refractivity contribution in [1.29, 1.82) is 0 Å². The van der Waals surface area contributed by atoms with Gasteiger partial charge in [-0.05, 0) is 54.8 Å². The number of aromatic hydroxyl groups is 1. The van der Waals surface area contributed by atoms with Crippen LogP contribution in [0.3, 0.4) is 0 Å². The Morgan fingerprint density at radius 2 is 1.75 bits per heavy atom. The number of nitrogens with zero attached hydrogens (tertiary/aromatic N) is 1. The number of rotatable bonds is 3. The van der Waals surface area contributed by atoms with Crippen LogP contribution in [-0.2, 0) is 0 Å². The molecule has 0 bridgehead atoms. The summed E-state index contributed by atoms with van der Waals surface area (Å²) in [7, 11) is 1.64. The lowest BCUT2D eigenvalue weighted by molar-refractivity contribution is 0.318. The van der Waals surface area contributed by atoms with Gasteiger partial charge < -0.3 is 15.1 Å². The van der Waals surface area contributed by atoms with Crippen LogP contribution in [0.25, 0.3) is 11.1 Å². The average Bonchev–Trinajstić information content (AvgIpc) is 2.47. The summed E-state index contributed by atoms with van der Waals surface area (Å²) in [6.07, 6.45) is 0. The number of hydrogen-bond acceptors (Lipinski definition) is 4. The molecule has 0 spiro atoms. The van der Waals surface area contributed by atoms with E-state index in [2.05, 4.69) is 5.16 Å². The normalized spacial score (nSPS) is 11.4. The van der Waals surface area contributed by atoms with E-state index in [9.17, 15) is 5.11 Å². The molecule has 4 nitrogen and oxygen atoms in total. The van der Waals surface area contributed by atoms with Crippen molar-refractivity contribution in [2.75, 3.05) is 7.11 Å². The first-order valence-corrected chi connectivity index (χ1v) is 6.24. The van der Waals surface area contributed by atoms with Gasteiger partial charge in [0.15, 0.2) is 0 Å². The Bertz CT molecular complexity index is 663. The highest BCUT2D eigenvalue weighted by molar-refractivity contribution is 6.01. The molecule has 20 heavy (non-hydrogen) atoms. The lowest BCUT2D eigenvalue weighted by Gasteiger charge is -2.10. The molecule has 0 unspecified atom stereocenters. The molecule has 0 aliphatic carbocycles. The highest BCUT2D eigenvalue weighted by Gasteiger charge is 2.09. The maximum absolute atomic E-state index is 9.81. The van der Waals surface area contributed by atoms with Crippen LogP contribution in [-0.4, -0.2) is 23.1 Å². The largest absolute Gasteiger partial charge is 0.507 e. The molecule has 0 atom stereocenters. The van der Waals surface area contributed by atoms with Gasteiger partial charge in [-0.2, -0.15) is 0 Å². The fourth-order valence-corrected chi connectivity index (χ4v) is 2.12. The molecule has 0 aromatic heterocycles. The lowest BCUT2D eigenvalue weighted by Crippen LogP contribution is -1.96. The smallest absolute Gasteiger partial charge is 0.124 e. The predicted molar refractivity (Wildman–Crippen MR) is 78.8 cm³/mol. The van der Waals surface area contributed by atoms with Gasteiger partial charge in [0, 0.05) is 5.56 Å². The topological polar surface area (TPSA) is 62.0 Å². The number of phenols is 1. The monoisotopic (exact) mass is 271 g/mol. The van der Waals surface area contributed by atoms with Crippen LogP contribution in [0.5, 0.6) is 11.5 Å². The first-order chi connectivity index (χ1) is 9.56. The van der Waals surface area contributed by atoms with Crippen LogP contribution >= 0.6 is 0 Å². The molecule has 2 aromatic carbocycles. The van der Waals surface area contributed by atoms with E-state index >= 15 is 0 Å². The summed E-state index contributed by atoms with van der Waals surface area (Å²) in [4.78, 5) is 0. The SMILES string of the molecule is COc1ccc(-c2ccc(O)c(/C(C)=N/O)c2)cc1C. The summed E-state index contributed by atoms with van der Waals surface area (Å²) in [6.45, 7) is 3.61. The Kier molecular flexibility index (Phi) is 3.94. The van der Waals surface area contributed by atoms with E-state index in [0.717, 1.165) is 22.4 Å². The Morgan fingerprint density at radius 3 is 2.35 bits per heavy atom. The van der Waals surface area contributed by atoms with Gasteiger partial charge in [0.05, 0.1) is 12.8 Å². The summed E-state index contributed by atoms with van der Waals surface area (Å²) in [5.74, 6) is 0.926. The van der Waals surface area contributed by atoms with Gasteiger partial charge in [0.1, 0.15) is 11.5 Å². The van der Waals surface area contributed by atoms with Gasteiger partial charge in [-0.3, -0.25) is 0 Å². The minimum Gasteiger partial charge on any atom is -0.507 e. The van der Waals surface area contributed by atoms with Crippen LogP contribution in [0.15, 0.2) is 41.6 Å². The van der Waals surface area contributed by atoms with Crippen LogP contribution in [0.1, 0.15) is 18.1 Å². The first kappa shape index (κ1) is 13.9. The molecule has 0 aliphatic heterocycles. The van der Waals surface area contributed by atoms with Gasteiger partial charge in [0.2, 0.25) is 0 Å². The quantitative estimate of drug-likeness (QED) is 0.509. The van der Waals surface area contributed by atoms with Crippen molar-refractivity contribution in [3.63, 3.8) is 0 Å². The van der Waals surface area contributed by atoms with Crippen LogP contribution in [0, 0.1) is 6.92 Å². The number of methoxy groups -OCH3 is 1. The van der Waals surface area contributed by atoms with E-state index in [4.69, 9.17) is 9.94 Å². The number of benzene rings is 2. The Morgan fingerprint density at radius 1 is 1.10 bits per heavy atom. The zero-order valence-electron chi connectivity index (χ0n) is 11.7. The van der Waals surface area contributed by atoms with Crippen molar-refractivity contribution in [2.24, 2.45) is 5.16 Å². The van der Waals surface area contributed by atoms with E-state index in [1.807, 2.05) is 31.2 Å². The van der Waals surface area contributed by atoms with Gasteiger partial charge >= 0.3 is 0 Å². The Balaban J connectivity index is 2.51. The standard InChI is InChI=1S/C16H17NO3/c1-10-8-12(5-7-16(10)20-3)13-4-6-15(18)14(9-13)11(2)17-19/h4-9,18-19H,1-3H3/b17-11+. The minimum atomic E-state index is 0.0919. The molecule has 0 amide bonds. The molecule has 0 saturated heterocycles. The molecule has 2 rings (SSSR count). The number of aryl methyl sites for hydroxylation is 1. The molecule has 0 aliphatic rings. The third-order valence-corrected chi connectivity index (χ3v) is 3.26. The van der Waals surface area contributed by atoms with Crippen molar-refractivity contribution in [3.8, 4) is 22.6 Å². The second-order valence-electron chi connectivity index (χ2n) is 4.60. The molecule has 2 N–H and O–H groups in total. The van der Waals surface area contributed by atoms with Crippen molar-refractivity contribution >= 4 is 5.71 Å². The average molecular weight is 271 g/mol. The molecule has 0 fully saturated rings. The molecular formula is C16H17NO3. The summed E-state index contributed by atoms with van der Waals surface area (Å²) in [5, 5.41) is 21.8. The van der Waals surface area contributed by atoms with Crippen molar-refractivity contribution < 1.29 is 15.1 Å². The van der Waals surface area contributed by atoms with E-state index in [1.54, 1.807) is 26.2 Å². The summed E-state index contributed by atoms with van der Waals surface area (Å²) in [5.41, 5.74) is 3.86. The van der Waals surface area contributed by atoms with Gasteiger partial charge in [-0.1, -0.05) is 17.3 Å². The highest BCUT2D eigenvalue weighted by atomic mass is 16.5. The van der Waals surface area contributed by atoms with E-state index < -0.39 is 0 Å². The zero-order chi connectivity index (χ0) is 14.7. The first-order valence-electron chi connectivity index (χ1n) is 6.24. The maximum atomic E-state index is 9.81. The fourth-order valence-electron chi connectivity index (χ4n) is 2.12. The van der Waals surface area contributed by atoms with Crippen molar-refractivity contribution in [3.05, 3.63) is 47.5 Å². The summed E-state index contributed by atoms with van der Waals surface area (Å²) >= 11 is 0. The Labute approximate surface area is 117 Å². The lowest BCUT2D eigenvalue weighted by atomic mass is 9.99. The van der Waals surface area contributed by atoms with E-state index in [1.165, 1.54) is 0 Å². The number of ether oxygens (including phenoxy) is 1. The van der Waals surface area contributed by atoms with Gasteiger partial charge in [-0.15, -0.1) is 0 Å². The number of phenolic OH excluding ortho intramolecular Hbond substituents is 1. The summed E-state index contributed by atoms with van der Waals surface area (Å²) in [6, 6.07) is 11.1. The zero-order valence-corrected chi connectivity index (χ0v) is 11.7. The molecule has 0 radical (unpaired) electrons. The van der Waals surface area contributed by atoms with Crippen LogP contribution in [0.2, 0.25) is 0 Å². The Hall–Kier alpha value is -2.49. The van der Waals surface area contributed by atoms with Gasteiger partial charge in [-0.25, -0.2) is 0 Å². The predicted octanol–water partition coefficient (Wildman–Crippen LogP) is 3.57. The number of oxime groups is 1. The maximum Gasteiger partial charge on any atom is 0.124 e. The third-order valence-electron chi connectivity index (χ3n) is 3.26. The van der Waals surface area contributed by atoms with E-state index in [-0.39, 0.29) is 5.75 Å². The molecule has 2 aromatic rings. The van der Waals surface area contributed by atoms with Crippen molar-refractivity contribution in [1.82, 2.24) is 0 Å². The number of hydrogen-bond donors (Lipinski definition) is 2. The van der Waals surface area contributed by atoms with E-state index in [0.29, 0.717) is 11.3 Å². The van der Waals surface area contributed by atoms with Crippen molar-refractivity contribution in [2.45, 2.75) is 13.8 Å². The third kappa shape index (κ3) is 2.59.